The van der Waals surface area contributed by atoms with Gasteiger partial charge in [-0.3, -0.25) is 10.1 Å². The van der Waals surface area contributed by atoms with Crippen LogP contribution in [0.4, 0.5) is 5.69 Å². The zero-order valence-corrected chi connectivity index (χ0v) is 15.3. The largest absolute Gasteiger partial charge is 0.310 e. The van der Waals surface area contributed by atoms with Gasteiger partial charge in [0, 0.05) is 37.3 Å². The molecule has 9 heteroatoms. The maximum absolute atomic E-state index is 13.1. The maximum atomic E-state index is 13.1. The summed E-state index contributed by atoms with van der Waals surface area (Å²) >= 11 is 0. The molecule has 1 aromatic carbocycles. The average molecular weight is 376 g/mol. The van der Waals surface area contributed by atoms with Crippen LogP contribution in [0.1, 0.15) is 30.4 Å². The number of nitro benzene ring substituents is 1. The van der Waals surface area contributed by atoms with Gasteiger partial charge in [-0.05, 0) is 44.2 Å². The molecule has 2 fully saturated rings. The first-order valence-electron chi connectivity index (χ1n) is 7.81. The molecule has 0 aliphatic carbocycles. The molecular formula is C15H22ClN3O4S. The van der Waals surface area contributed by atoms with E-state index in [-0.39, 0.29) is 29.0 Å². The molecule has 2 saturated heterocycles. The quantitative estimate of drug-likeness (QED) is 0.645. The summed E-state index contributed by atoms with van der Waals surface area (Å²) in [5.74, 6) is 0. The summed E-state index contributed by atoms with van der Waals surface area (Å²) in [6.07, 6.45) is 2.91. The van der Waals surface area contributed by atoms with Gasteiger partial charge in [0.2, 0.25) is 10.0 Å². The molecule has 0 aromatic heterocycles. The van der Waals surface area contributed by atoms with Gasteiger partial charge in [-0.25, -0.2) is 8.42 Å². The molecule has 1 aromatic rings. The fourth-order valence-corrected chi connectivity index (χ4v) is 5.61. The molecule has 1 N–H and O–H groups in total. The van der Waals surface area contributed by atoms with Crippen molar-refractivity contribution in [2.75, 3.05) is 13.1 Å². The lowest BCUT2D eigenvalue weighted by Gasteiger charge is -2.25. The highest BCUT2D eigenvalue weighted by atomic mass is 35.5. The highest BCUT2D eigenvalue weighted by molar-refractivity contribution is 7.89. The minimum absolute atomic E-state index is 0. The molecule has 7 nitrogen and oxygen atoms in total. The highest BCUT2D eigenvalue weighted by Gasteiger charge is 2.36. The van der Waals surface area contributed by atoms with Crippen molar-refractivity contribution < 1.29 is 13.3 Å². The summed E-state index contributed by atoms with van der Waals surface area (Å²) in [4.78, 5) is 10.7. The zero-order valence-electron chi connectivity index (χ0n) is 13.7. The molecule has 24 heavy (non-hydrogen) atoms. The summed E-state index contributed by atoms with van der Waals surface area (Å²) in [5, 5.41) is 14.4. The lowest BCUT2D eigenvalue weighted by atomic mass is 10.1. The van der Waals surface area contributed by atoms with Crippen LogP contribution in [-0.2, 0) is 10.0 Å². The average Bonchev–Trinajstić information content (AvgIpc) is 2.76. The zero-order chi connectivity index (χ0) is 16.8. The second-order valence-electron chi connectivity index (χ2n) is 6.46. The van der Waals surface area contributed by atoms with E-state index in [4.69, 9.17) is 0 Å². The van der Waals surface area contributed by atoms with Crippen molar-refractivity contribution in [3.63, 3.8) is 0 Å². The van der Waals surface area contributed by atoms with Crippen LogP contribution in [0.2, 0.25) is 0 Å². The number of benzene rings is 1. The number of nitrogens with one attached hydrogen (secondary N) is 1. The van der Waals surface area contributed by atoms with Crippen LogP contribution in [-0.4, -0.2) is 42.8 Å². The van der Waals surface area contributed by atoms with E-state index in [0.29, 0.717) is 30.3 Å². The second kappa shape index (κ2) is 6.95. The van der Waals surface area contributed by atoms with Gasteiger partial charge in [0.15, 0.2) is 0 Å². The standard InChI is InChI=1S/C15H21N3O4S.ClH/c1-10-7-14(18(19)20)8-11(2)15(10)23(21,22)17-6-5-12-3-4-13(9-17)16-12;/h7-8,12-13,16H,3-6,9H2,1-2H3;1H. The van der Waals surface area contributed by atoms with Gasteiger partial charge in [0.05, 0.1) is 9.82 Å². The van der Waals surface area contributed by atoms with Crippen LogP contribution in [0.15, 0.2) is 17.0 Å². The molecule has 0 amide bonds. The summed E-state index contributed by atoms with van der Waals surface area (Å²) in [5.41, 5.74) is 0.786. The Kier molecular flexibility index (Phi) is 5.54. The summed E-state index contributed by atoms with van der Waals surface area (Å²) in [7, 11) is -3.64. The number of fused-ring (bicyclic) bond motifs is 2. The van der Waals surface area contributed by atoms with E-state index in [1.165, 1.54) is 16.4 Å². The van der Waals surface area contributed by atoms with E-state index in [1.54, 1.807) is 13.8 Å². The molecule has 2 heterocycles. The molecule has 0 saturated carbocycles. The predicted molar refractivity (Wildman–Crippen MR) is 93.1 cm³/mol. The van der Waals surface area contributed by atoms with Crippen molar-refractivity contribution in [3.8, 4) is 0 Å². The number of sulfonamides is 1. The van der Waals surface area contributed by atoms with Crippen molar-refractivity contribution >= 4 is 28.1 Å². The molecule has 2 unspecified atom stereocenters. The number of hydrogen-bond donors (Lipinski definition) is 1. The van der Waals surface area contributed by atoms with Crippen LogP contribution in [0, 0.1) is 24.0 Å². The molecule has 2 aliphatic rings. The van der Waals surface area contributed by atoms with E-state index in [1.807, 2.05) is 0 Å². The number of halogens is 1. The third-order valence-electron chi connectivity index (χ3n) is 4.74. The van der Waals surface area contributed by atoms with Crippen molar-refractivity contribution in [2.45, 2.75) is 50.1 Å². The SMILES string of the molecule is Cc1cc([N+](=O)[O-])cc(C)c1S(=O)(=O)N1CCC2CCC(C1)N2.Cl. The maximum Gasteiger partial charge on any atom is 0.270 e. The predicted octanol–water partition coefficient (Wildman–Crippen LogP) is 2.15. The van der Waals surface area contributed by atoms with Gasteiger partial charge >= 0.3 is 0 Å². The number of rotatable bonds is 3. The van der Waals surface area contributed by atoms with Crippen LogP contribution < -0.4 is 5.32 Å². The Bertz CT molecular complexity index is 730. The molecule has 2 aliphatic heterocycles. The van der Waals surface area contributed by atoms with Crippen molar-refractivity contribution in [2.24, 2.45) is 0 Å². The summed E-state index contributed by atoms with van der Waals surface area (Å²) < 4.78 is 27.7. The minimum atomic E-state index is -3.64. The van der Waals surface area contributed by atoms with E-state index in [0.717, 1.165) is 19.3 Å². The molecule has 0 spiro atoms. The molecule has 3 rings (SSSR count). The highest BCUT2D eigenvalue weighted by Crippen LogP contribution is 2.30. The Labute approximate surface area is 148 Å². The van der Waals surface area contributed by atoms with E-state index < -0.39 is 14.9 Å². The van der Waals surface area contributed by atoms with Crippen molar-refractivity contribution in [1.82, 2.24) is 9.62 Å². The monoisotopic (exact) mass is 375 g/mol. The van der Waals surface area contributed by atoms with Crippen LogP contribution in [0.3, 0.4) is 0 Å². The second-order valence-corrected chi connectivity index (χ2v) is 8.33. The first kappa shape index (κ1) is 19.1. The van der Waals surface area contributed by atoms with Crippen LogP contribution in [0.5, 0.6) is 0 Å². The third-order valence-corrected chi connectivity index (χ3v) is 6.91. The topological polar surface area (TPSA) is 92.5 Å². The Morgan fingerprint density at radius 1 is 1.17 bits per heavy atom. The normalized spacial score (nSPS) is 24.2. The van der Waals surface area contributed by atoms with Crippen molar-refractivity contribution in [3.05, 3.63) is 33.4 Å². The molecular weight excluding hydrogens is 354 g/mol. The minimum Gasteiger partial charge on any atom is -0.310 e. The van der Waals surface area contributed by atoms with Crippen molar-refractivity contribution in [1.29, 1.82) is 0 Å². The van der Waals surface area contributed by atoms with Gasteiger partial charge in [-0.2, -0.15) is 4.31 Å². The first-order valence-corrected chi connectivity index (χ1v) is 9.25. The number of nitro groups is 1. The van der Waals surface area contributed by atoms with E-state index in [9.17, 15) is 18.5 Å². The first-order chi connectivity index (χ1) is 10.8. The van der Waals surface area contributed by atoms with Crippen LogP contribution in [0.25, 0.3) is 0 Å². The number of non-ortho nitro benzene ring substituents is 1. The number of nitrogens with zero attached hydrogens (tertiary/aromatic N) is 2. The Morgan fingerprint density at radius 2 is 1.75 bits per heavy atom. The van der Waals surface area contributed by atoms with E-state index in [2.05, 4.69) is 5.32 Å². The van der Waals surface area contributed by atoms with Gasteiger partial charge in [0.1, 0.15) is 0 Å². The van der Waals surface area contributed by atoms with Gasteiger partial charge < -0.3 is 5.32 Å². The van der Waals surface area contributed by atoms with E-state index >= 15 is 0 Å². The Hall–Kier alpha value is -1.22. The lowest BCUT2D eigenvalue weighted by molar-refractivity contribution is -0.385. The molecule has 0 radical (unpaired) electrons. The molecule has 2 bridgehead atoms. The number of hydrogen-bond acceptors (Lipinski definition) is 5. The lowest BCUT2D eigenvalue weighted by Crippen LogP contribution is -2.39. The molecule has 134 valence electrons. The van der Waals surface area contributed by atoms with Crippen LogP contribution >= 0.6 is 12.4 Å². The molecule has 2 atom stereocenters. The summed E-state index contributed by atoms with van der Waals surface area (Å²) in [6.45, 7) is 4.20. The van der Waals surface area contributed by atoms with Gasteiger partial charge in [0.25, 0.3) is 5.69 Å². The number of aryl methyl sites for hydroxylation is 2. The Morgan fingerprint density at radius 3 is 2.33 bits per heavy atom. The fraction of sp³-hybridized carbons (Fsp3) is 0.600. The smallest absolute Gasteiger partial charge is 0.270 e. The third kappa shape index (κ3) is 3.42. The van der Waals surface area contributed by atoms with Gasteiger partial charge in [-0.15, -0.1) is 12.4 Å². The Balaban J connectivity index is 0.00000208. The van der Waals surface area contributed by atoms with Gasteiger partial charge in [-0.1, -0.05) is 0 Å². The summed E-state index contributed by atoms with van der Waals surface area (Å²) in [6, 6.07) is 3.28. The fourth-order valence-electron chi connectivity index (χ4n) is 3.70.